The van der Waals surface area contributed by atoms with Gasteiger partial charge in [0.2, 0.25) is 5.82 Å². The fourth-order valence-electron chi connectivity index (χ4n) is 2.68. The molecule has 6 heteroatoms. The average Bonchev–Trinajstić information content (AvgIpc) is 2.39. The number of piperidine rings is 1. The Morgan fingerprint density at radius 2 is 2.32 bits per heavy atom. The fourth-order valence-corrected chi connectivity index (χ4v) is 2.68. The molecule has 1 aromatic carbocycles. The number of hydrogen-bond donors (Lipinski definition) is 1. The topological polar surface area (TPSA) is 58.4 Å². The van der Waals surface area contributed by atoms with Gasteiger partial charge in [0, 0.05) is 19.1 Å². The molecule has 1 atom stereocenters. The van der Waals surface area contributed by atoms with E-state index in [-0.39, 0.29) is 6.04 Å². The Bertz CT molecular complexity index is 465. The molecule has 1 aliphatic heterocycles. The van der Waals surface area contributed by atoms with Gasteiger partial charge in [-0.05, 0) is 38.4 Å². The first-order valence-corrected chi connectivity index (χ1v) is 6.49. The van der Waals surface area contributed by atoms with Crippen LogP contribution in [0.3, 0.4) is 0 Å². The quantitative estimate of drug-likeness (QED) is 0.672. The number of anilines is 1. The highest BCUT2D eigenvalue weighted by Crippen LogP contribution is 2.34. The number of benzene rings is 1. The van der Waals surface area contributed by atoms with Crippen molar-refractivity contribution in [2.45, 2.75) is 25.3 Å². The van der Waals surface area contributed by atoms with E-state index in [1.807, 2.05) is 11.9 Å². The lowest BCUT2D eigenvalue weighted by atomic mass is 10.0. The number of nitrogens with one attached hydrogen (secondary N) is 1. The first-order valence-electron chi connectivity index (χ1n) is 6.49. The second-order valence-corrected chi connectivity index (χ2v) is 4.77. The van der Waals surface area contributed by atoms with Crippen LogP contribution in [0.2, 0.25) is 0 Å². The molecular weight excluding hydrogens is 249 g/mol. The van der Waals surface area contributed by atoms with Crippen molar-refractivity contribution in [2.75, 3.05) is 25.0 Å². The summed E-state index contributed by atoms with van der Waals surface area (Å²) in [6.07, 6.45) is 3.05. The van der Waals surface area contributed by atoms with Crippen molar-refractivity contribution >= 4 is 11.4 Å². The fraction of sp³-hybridized carbons (Fsp3) is 0.538. The van der Waals surface area contributed by atoms with Gasteiger partial charge in [0.25, 0.3) is 0 Å². The third-order valence-electron chi connectivity index (χ3n) is 3.52. The second-order valence-electron chi connectivity index (χ2n) is 4.77. The van der Waals surface area contributed by atoms with Crippen LogP contribution in [-0.2, 0) is 0 Å². The van der Waals surface area contributed by atoms with Gasteiger partial charge in [0.05, 0.1) is 4.92 Å². The third kappa shape index (κ3) is 2.84. The van der Waals surface area contributed by atoms with Crippen molar-refractivity contribution in [3.63, 3.8) is 0 Å². The maximum Gasteiger partial charge on any atom is 0.327 e. The molecule has 0 aromatic heterocycles. The highest BCUT2D eigenvalue weighted by Gasteiger charge is 2.29. The predicted molar refractivity (Wildman–Crippen MR) is 72.0 cm³/mol. The van der Waals surface area contributed by atoms with Crippen LogP contribution < -0.4 is 10.2 Å². The van der Waals surface area contributed by atoms with Crippen molar-refractivity contribution in [3.8, 4) is 0 Å². The van der Waals surface area contributed by atoms with Gasteiger partial charge in [-0.25, -0.2) is 0 Å². The molecule has 1 unspecified atom stereocenters. The van der Waals surface area contributed by atoms with E-state index in [1.54, 1.807) is 6.07 Å². The van der Waals surface area contributed by atoms with Crippen LogP contribution in [0, 0.1) is 15.9 Å². The minimum absolute atomic E-state index is 0.180. The van der Waals surface area contributed by atoms with Crippen LogP contribution in [0.15, 0.2) is 18.2 Å². The molecule has 1 saturated heterocycles. The molecule has 0 bridgehead atoms. The Kier molecular flexibility index (Phi) is 4.31. The lowest BCUT2D eigenvalue weighted by Gasteiger charge is -2.37. The Morgan fingerprint density at radius 1 is 1.53 bits per heavy atom. The molecular formula is C13H18FN3O2. The van der Waals surface area contributed by atoms with Crippen LogP contribution in [0.4, 0.5) is 15.8 Å². The van der Waals surface area contributed by atoms with Crippen molar-refractivity contribution in [2.24, 2.45) is 0 Å². The Hall–Kier alpha value is -1.69. The molecule has 1 aliphatic rings. The number of para-hydroxylation sites is 1. The summed E-state index contributed by atoms with van der Waals surface area (Å²) < 4.78 is 13.7. The van der Waals surface area contributed by atoms with Gasteiger partial charge < -0.3 is 10.2 Å². The molecule has 0 radical (unpaired) electrons. The summed E-state index contributed by atoms with van der Waals surface area (Å²) in [5, 5.41) is 14.2. The van der Waals surface area contributed by atoms with Gasteiger partial charge in [-0.1, -0.05) is 6.07 Å². The van der Waals surface area contributed by atoms with Crippen LogP contribution in [0.1, 0.15) is 19.3 Å². The highest BCUT2D eigenvalue weighted by atomic mass is 19.1. The second kappa shape index (κ2) is 5.97. The predicted octanol–water partition coefficient (Wildman–Crippen LogP) is 2.31. The van der Waals surface area contributed by atoms with Gasteiger partial charge >= 0.3 is 5.69 Å². The zero-order valence-corrected chi connectivity index (χ0v) is 10.9. The summed E-state index contributed by atoms with van der Waals surface area (Å²) >= 11 is 0. The standard InChI is InChI=1S/C13H18FN3O2/c1-15-9-10-5-2-3-8-16(10)12-7-4-6-11(14)13(12)17(18)19/h4,6-7,10,15H,2-3,5,8-9H2,1H3. The summed E-state index contributed by atoms with van der Waals surface area (Å²) in [6, 6.07) is 4.48. The zero-order valence-electron chi connectivity index (χ0n) is 10.9. The summed E-state index contributed by atoms with van der Waals surface area (Å²) in [5.41, 5.74) is -0.0181. The van der Waals surface area contributed by atoms with E-state index in [0.717, 1.165) is 38.4 Å². The van der Waals surface area contributed by atoms with Crippen molar-refractivity contribution in [1.82, 2.24) is 5.32 Å². The van der Waals surface area contributed by atoms with Crippen molar-refractivity contribution < 1.29 is 9.31 Å². The minimum Gasteiger partial charge on any atom is -0.362 e. The van der Waals surface area contributed by atoms with Gasteiger partial charge in [0.1, 0.15) is 5.69 Å². The molecule has 5 nitrogen and oxygen atoms in total. The number of halogens is 1. The highest BCUT2D eigenvalue weighted by molar-refractivity contribution is 5.64. The lowest BCUT2D eigenvalue weighted by Crippen LogP contribution is -2.45. The van der Waals surface area contributed by atoms with Crippen LogP contribution >= 0.6 is 0 Å². The summed E-state index contributed by atoms with van der Waals surface area (Å²) in [4.78, 5) is 12.4. The third-order valence-corrected chi connectivity index (χ3v) is 3.52. The summed E-state index contributed by atoms with van der Waals surface area (Å²) in [7, 11) is 1.85. The molecule has 1 fully saturated rings. The smallest absolute Gasteiger partial charge is 0.327 e. The van der Waals surface area contributed by atoms with E-state index in [2.05, 4.69) is 5.32 Å². The van der Waals surface area contributed by atoms with Gasteiger partial charge in [-0.2, -0.15) is 4.39 Å². The van der Waals surface area contributed by atoms with E-state index in [4.69, 9.17) is 0 Å². The molecule has 104 valence electrons. The normalized spacial score (nSPS) is 19.5. The van der Waals surface area contributed by atoms with Crippen molar-refractivity contribution in [1.29, 1.82) is 0 Å². The number of nitro benzene ring substituents is 1. The molecule has 1 N–H and O–H groups in total. The van der Waals surface area contributed by atoms with E-state index in [0.29, 0.717) is 5.69 Å². The van der Waals surface area contributed by atoms with E-state index in [9.17, 15) is 14.5 Å². The molecule has 1 heterocycles. The van der Waals surface area contributed by atoms with Crippen LogP contribution in [-0.4, -0.2) is 31.1 Å². The Morgan fingerprint density at radius 3 is 3.00 bits per heavy atom. The molecule has 0 amide bonds. The maximum absolute atomic E-state index is 13.7. The Labute approximate surface area is 111 Å². The number of nitrogens with zero attached hydrogens (tertiary/aromatic N) is 2. The SMILES string of the molecule is CNCC1CCCCN1c1cccc(F)c1[N+](=O)[O-]. The maximum atomic E-state index is 13.7. The van der Waals surface area contributed by atoms with Gasteiger partial charge in [-0.3, -0.25) is 10.1 Å². The number of likely N-dealkylation sites (N-methyl/N-ethyl adjacent to an activating group) is 1. The zero-order chi connectivity index (χ0) is 13.8. The molecule has 1 aromatic rings. The largest absolute Gasteiger partial charge is 0.362 e. The van der Waals surface area contributed by atoms with Crippen molar-refractivity contribution in [3.05, 3.63) is 34.1 Å². The first kappa shape index (κ1) is 13.7. The number of nitro groups is 1. The van der Waals surface area contributed by atoms with E-state index in [1.165, 1.54) is 6.07 Å². The summed E-state index contributed by atoms with van der Waals surface area (Å²) in [6.45, 7) is 1.48. The number of hydrogen-bond acceptors (Lipinski definition) is 4. The first-order chi connectivity index (χ1) is 9.15. The molecule has 0 saturated carbocycles. The Balaban J connectivity index is 2.38. The van der Waals surface area contributed by atoms with E-state index < -0.39 is 16.4 Å². The average molecular weight is 267 g/mol. The molecule has 0 spiro atoms. The summed E-state index contributed by atoms with van der Waals surface area (Å²) in [5.74, 6) is -0.767. The molecule has 0 aliphatic carbocycles. The van der Waals surface area contributed by atoms with Crippen LogP contribution in [0.5, 0.6) is 0 Å². The van der Waals surface area contributed by atoms with Crippen LogP contribution in [0.25, 0.3) is 0 Å². The molecule has 19 heavy (non-hydrogen) atoms. The molecule has 2 rings (SSSR count). The van der Waals surface area contributed by atoms with Gasteiger partial charge in [-0.15, -0.1) is 0 Å². The monoisotopic (exact) mass is 267 g/mol. The lowest BCUT2D eigenvalue weighted by molar-refractivity contribution is -0.386. The number of rotatable bonds is 4. The van der Waals surface area contributed by atoms with Gasteiger partial charge in [0.15, 0.2) is 0 Å². The minimum atomic E-state index is -0.767. The van der Waals surface area contributed by atoms with E-state index >= 15 is 0 Å².